The van der Waals surface area contributed by atoms with Gasteiger partial charge in [-0.1, -0.05) is 20.3 Å². The van der Waals surface area contributed by atoms with Gasteiger partial charge in [-0.2, -0.15) is 4.89 Å². The van der Waals surface area contributed by atoms with Crippen LogP contribution in [0.15, 0.2) is 11.8 Å². The fourth-order valence-corrected chi connectivity index (χ4v) is 1.73. The molecule has 0 aliphatic rings. The number of carboxylic acid groups (broad SMARTS) is 1. The van der Waals surface area contributed by atoms with Crippen molar-refractivity contribution in [3.05, 3.63) is 11.8 Å². The van der Waals surface area contributed by atoms with Crippen molar-refractivity contribution < 1.29 is 33.9 Å². The Labute approximate surface area is 137 Å². The summed E-state index contributed by atoms with van der Waals surface area (Å²) in [6.07, 6.45) is 1.93. The highest BCUT2D eigenvalue weighted by Gasteiger charge is 2.46. The predicted octanol–water partition coefficient (Wildman–Crippen LogP) is 3.82. The molecule has 134 valence electrons. The van der Waals surface area contributed by atoms with Gasteiger partial charge in [0.15, 0.2) is 0 Å². The van der Waals surface area contributed by atoms with Crippen LogP contribution in [-0.2, 0) is 24.0 Å². The summed E-state index contributed by atoms with van der Waals surface area (Å²) in [5, 5.41) is 8.82. The second kappa shape index (κ2) is 9.39. The van der Waals surface area contributed by atoms with Gasteiger partial charge in [0.2, 0.25) is 0 Å². The molecular formula is C16H28O7. The van der Waals surface area contributed by atoms with Crippen molar-refractivity contribution in [1.29, 1.82) is 0 Å². The van der Waals surface area contributed by atoms with E-state index in [0.29, 0.717) is 13.0 Å². The first-order chi connectivity index (χ1) is 10.6. The number of allylic oxidation sites excluding steroid dienone is 1. The first-order valence-electron chi connectivity index (χ1n) is 7.70. The molecule has 0 aromatic carbocycles. The molecule has 1 atom stereocenters. The molecule has 0 radical (unpaired) electrons. The topological polar surface area (TPSA) is 91.3 Å². The molecule has 0 aromatic rings. The Morgan fingerprint density at radius 3 is 2.22 bits per heavy atom. The third-order valence-corrected chi connectivity index (χ3v) is 3.71. The molecule has 0 fully saturated rings. The molecule has 0 spiro atoms. The van der Waals surface area contributed by atoms with Gasteiger partial charge in [-0.25, -0.2) is 9.59 Å². The van der Waals surface area contributed by atoms with Gasteiger partial charge in [-0.3, -0.25) is 0 Å². The monoisotopic (exact) mass is 332 g/mol. The minimum absolute atomic E-state index is 0.251. The SMILES string of the molecule is CCCCOOC(C)=CC(=O)OC(C)(CC)C(C)(C)OC(=O)O. The van der Waals surface area contributed by atoms with Crippen molar-refractivity contribution in [3.63, 3.8) is 0 Å². The summed E-state index contributed by atoms with van der Waals surface area (Å²) in [7, 11) is 0. The van der Waals surface area contributed by atoms with Crippen molar-refractivity contribution in [2.75, 3.05) is 6.61 Å². The van der Waals surface area contributed by atoms with Crippen LogP contribution >= 0.6 is 0 Å². The van der Waals surface area contributed by atoms with Crippen LogP contribution < -0.4 is 0 Å². The number of hydrogen-bond acceptors (Lipinski definition) is 6. The van der Waals surface area contributed by atoms with E-state index in [1.54, 1.807) is 34.6 Å². The van der Waals surface area contributed by atoms with Gasteiger partial charge in [0.1, 0.15) is 17.0 Å². The molecule has 0 bridgehead atoms. The van der Waals surface area contributed by atoms with Crippen LogP contribution in [0.4, 0.5) is 4.79 Å². The van der Waals surface area contributed by atoms with E-state index < -0.39 is 23.3 Å². The molecule has 7 heteroatoms. The van der Waals surface area contributed by atoms with Crippen LogP contribution in [0.5, 0.6) is 0 Å². The summed E-state index contributed by atoms with van der Waals surface area (Å²) in [5.41, 5.74) is -2.33. The molecule has 7 nitrogen and oxygen atoms in total. The lowest BCUT2D eigenvalue weighted by molar-refractivity contribution is -0.262. The molecule has 0 amide bonds. The number of unbranched alkanes of at least 4 members (excludes halogenated alkanes) is 1. The van der Waals surface area contributed by atoms with Crippen molar-refractivity contribution in [2.24, 2.45) is 0 Å². The van der Waals surface area contributed by atoms with Gasteiger partial charge in [-0.05, 0) is 40.5 Å². The third kappa shape index (κ3) is 7.36. The van der Waals surface area contributed by atoms with Gasteiger partial charge < -0.3 is 19.5 Å². The highest BCUT2D eigenvalue weighted by atomic mass is 17.2. The van der Waals surface area contributed by atoms with E-state index in [2.05, 4.69) is 0 Å². The number of hydrogen-bond donors (Lipinski definition) is 1. The van der Waals surface area contributed by atoms with Crippen LogP contribution in [0.2, 0.25) is 0 Å². The Morgan fingerprint density at radius 2 is 1.74 bits per heavy atom. The summed E-state index contributed by atoms with van der Waals surface area (Å²) in [6, 6.07) is 0. The van der Waals surface area contributed by atoms with E-state index >= 15 is 0 Å². The average molecular weight is 332 g/mol. The first kappa shape index (κ1) is 21.2. The average Bonchev–Trinajstić information content (AvgIpc) is 2.41. The van der Waals surface area contributed by atoms with Crippen molar-refractivity contribution in [3.8, 4) is 0 Å². The van der Waals surface area contributed by atoms with Crippen molar-refractivity contribution in [1.82, 2.24) is 0 Å². The van der Waals surface area contributed by atoms with Gasteiger partial charge in [0, 0.05) is 0 Å². The number of carbonyl (C=O) groups excluding carboxylic acids is 1. The Hall–Kier alpha value is -1.76. The van der Waals surface area contributed by atoms with Crippen molar-refractivity contribution >= 4 is 12.1 Å². The second-order valence-corrected chi connectivity index (χ2v) is 5.90. The molecule has 0 heterocycles. The van der Waals surface area contributed by atoms with Crippen LogP contribution in [0.1, 0.15) is 60.8 Å². The normalized spacial score (nSPS) is 14.8. The number of esters is 1. The maximum Gasteiger partial charge on any atom is 0.506 e. The Kier molecular flexibility index (Phi) is 8.68. The Bertz CT molecular complexity index is 428. The maximum atomic E-state index is 12.0. The molecular weight excluding hydrogens is 304 g/mol. The van der Waals surface area contributed by atoms with Crippen molar-refractivity contribution in [2.45, 2.75) is 72.0 Å². The van der Waals surface area contributed by atoms with Crippen LogP contribution in [-0.4, -0.2) is 35.0 Å². The van der Waals surface area contributed by atoms with E-state index in [1.807, 2.05) is 6.92 Å². The van der Waals surface area contributed by atoms with E-state index in [0.717, 1.165) is 18.9 Å². The molecule has 0 saturated carbocycles. The minimum Gasteiger partial charge on any atom is -0.452 e. The van der Waals surface area contributed by atoms with Gasteiger partial charge in [0.25, 0.3) is 0 Å². The fraction of sp³-hybridized carbons (Fsp3) is 0.750. The lowest BCUT2D eigenvalue weighted by Crippen LogP contribution is -2.53. The van der Waals surface area contributed by atoms with Gasteiger partial charge >= 0.3 is 12.1 Å². The maximum absolute atomic E-state index is 12.0. The van der Waals surface area contributed by atoms with E-state index in [1.165, 1.54) is 0 Å². The zero-order valence-electron chi connectivity index (χ0n) is 14.8. The second-order valence-electron chi connectivity index (χ2n) is 5.90. The molecule has 0 rings (SSSR count). The molecule has 0 saturated heterocycles. The number of ether oxygens (including phenoxy) is 2. The van der Waals surface area contributed by atoms with Gasteiger partial charge in [0.05, 0.1) is 12.7 Å². The lowest BCUT2D eigenvalue weighted by Gasteiger charge is -2.40. The van der Waals surface area contributed by atoms with Gasteiger partial charge in [-0.15, -0.1) is 0 Å². The third-order valence-electron chi connectivity index (χ3n) is 3.71. The standard InChI is InChI=1S/C16H28O7/c1-7-9-10-20-23-12(3)11-13(17)21-16(6,8-2)15(4,5)22-14(18)19/h11H,7-10H2,1-6H3,(H,18,19). The summed E-state index contributed by atoms with van der Waals surface area (Å²) in [4.78, 5) is 32.7. The van der Waals surface area contributed by atoms with E-state index in [9.17, 15) is 9.59 Å². The summed E-state index contributed by atoms with van der Waals surface area (Å²) < 4.78 is 10.3. The van der Waals surface area contributed by atoms with Crippen LogP contribution in [0.3, 0.4) is 0 Å². The fourth-order valence-electron chi connectivity index (χ4n) is 1.73. The Morgan fingerprint density at radius 1 is 1.13 bits per heavy atom. The molecule has 0 aliphatic heterocycles. The van der Waals surface area contributed by atoms with E-state index in [-0.39, 0.29) is 5.76 Å². The zero-order valence-corrected chi connectivity index (χ0v) is 14.8. The highest BCUT2D eigenvalue weighted by molar-refractivity contribution is 5.82. The van der Waals surface area contributed by atoms with E-state index in [4.69, 9.17) is 24.4 Å². The zero-order chi connectivity index (χ0) is 18.1. The summed E-state index contributed by atoms with van der Waals surface area (Å²) in [6.45, 7) is 10.5. The molecule has 1 unspecified atom stereocenters. The minimum atomic E-state index is -1.43. The number of carbonyl (C=O) groups is 2. The largest absolute Gasteiger partial charge is 0.506 e. The molecule has 23 heavy (non-hydrogen) atoms. The van der Waals surface area contributed by atoms with Crippen LogP contribution in [0.25, 0.3) is 0 Å². The lowest BCUT2D eigenvalue weighted by atomic mass is 9.85. The first-order valence-corrected chi connectivity index (χ1v) is 7.70. The quantitative estimate of drug-likeness (QED) is 0.162. The summed E-state index contributed by atoms with van der Waals surface area (Å²) in [5.74, 6) is -0.408. The smallest absolute Gasteiger partial charge is 0.452 e. The molecule has 0 aromatic heterocycles. The van der Waals surface area contributed by atoms with Crippen LogP contribution in [0, 0.1) is 0 Å². The molecule has 1 N–H and O–H groups in total. The summed E-state index contributed by atoms with van der Waals surface area (Å²) >= 11 is 0. The molecule has 0 aliphatic carbocycles. The number of rotatable bonds is 10. The highest BCUT2D eigenvalue weighted by Crippen LogP contribution is 2.33. The Balaban J connectivity index is 4.78. The predicted molar refractivity (Wildman–Crippen MR) is 83.7 cm³/mol.